The van der Waals surface area contributed by atoms with Gasteiger partial charge in [0.05, 0.1) is 0 Å². The van der Waals surface area contributed by atoms with Crippen molar-refractivity contribution in [3.8, 4) is 0 Å². The molecule has 0 unspecified atom stereocenters. The van der Waals surface area contributed by atoms with Crippen LogP contribution in [0.25, 0.3) is 5.65 Å². The van der Waals surface area contributed by atoms with Gasteiger partial charge in [-0.2, -0.15) is 4.52 Å². The number of hydrogen-bond donors (Lipinski definition) is 0. The van der Waals surface area contributed by atoms with Crippen LogP contribution in [0.4, 0.5) is 5.82 Å². The molecule has 0 N–H and O–H groups in total. The Morgan fingerprint density at radius 3 is 2.56 bits per heavy atom. The standard InChI is InChI=1S/C13H17N5/c1-2-6-11-10(5-1)12-15-14-9-18(12)16-13(11)17-7-3-4-8-17/h9H,1-8H2. The zero-order valence-corrected chi connectivity index (χ0v) is 10.5. The second-order valence-corrected chi connectivity index (χ2v) is 5.28. The lowest BCUT2D eigenvalue weighted by Crippen LogP contribution is -2.24. The third-order valence-corrected chi connectivity index (χ3v) is 4.15. The predicted molar refractivity (Wildman–Crippen MR) is 68.9 cm³/mol. The van der Waals surface area contributed by atoms with Gasteiger partial charge in [-0.3, -0.25) is 0 Å². The Balaban J connectivity index is 1.94. The van der Waals surface area contributed by atoms with Crippen molar-refractivity contribution in [2.24, 2.45) is 0 Å². The highest BCUT2D eigenvalue weighted by Gasteiger charge is 2.24. The van der Waals surface area contributed by atoms with E-state index >= 15 is 0 Å². The molecule has 5 heteroatoms. The van der Waals surface area contributed by atoms with Crippen molar-refractivity contribution < 1.29 is 0 Å². The summed E-state index contributed by atoms with van der Waals surface area (Å²) in [6, 6.07) is 0. The third-order valence-electron chi connectivity index (χ3n) is 4.15. The highest BCUT2D eigenvalue weighted by molar-refractivity contribution is 5.61. The number of nitrogens with zero attached hydrogens (tertiary/aromatic N) is 5. The quantitative estimate of drug-likeness (QED) is 0.763. The largest absolute Gasteiger partial charge is 0.355 e. The normalized spacial score (nSPS) is 19.4. The number of fused-ring (bicyclic) bond motifs is 3. The average Bonchev–Trinajstić information content (AvgIpc) is 3.09. The highest BCUT2D eigenvalue weighted by Crippen LogP contribution is 2.32. The molecule has 0 radical (unpaired) electrons. The zero-order valence-electron chi connectivity index (χ0n) is 10.5. The van der Waals surface area contributed by atoms with E-state index in [0.717, 1.165) is 31.6 Å². The van der Waals surface area contributed by atoms with E-state index in [9.17, 15) is 0 Å². The lowest BCUT2D eigenvalue weighted by molar-refractivity contribution is 0.670. The van der Waals surface area contributed by atoms with Gasteiger partial charge in [0.1, 0.15) is 6.33 Å². The molecule has 3 heterocycles. The Labute approximate surface area is 106 Å². The number of hydrogen-bond acceptors (Lipinski definition) is 4. The molecule has 0 aromatic carbocycles. The molecule has 2 aromatic heterocycles. The van der Waals surface area contributed by atoms with Crippen LogP contribution < -0.4 is 4.90 Å². The third kappa shape index (κ3) is 1.43. The van der Waals surface area contributed by atoms with Crippen LogP contribution in [-0.2, 0) is 12.8 Å². The summed E-state index contributed by atoms with van der Waals surface area (Å²) in [5, 5.41) is 13.0. The maximum absolute atomic E-state index is 4.75. The number of aromatic nitrogens is 4. The van der Waals surface area contributed by atoms with Crippen molar-refractivity contribution in [1.82, 2.24) is 19.8 Å². The summed E-state index contributed by atoms with van der Waals surface area (Å²) in [6.07, 6.45) is 9.12. The fourth-order valence-corrected chi connectivity index (χ4v) is 3.25. The Morgan fingerprint density at radius 2 is 1.72 bits per heavy atom. The first kappa shape index (κ1) is 10.3. The Morgan fingerprint density at radius 1 is 0.944 bits per heavy atom. The highest BCUT2D eigenvalue weighted by atomic mass is 15.4. The van der Waals surface area contributed by atoms with Crippen molar-refractivity contribution in [1.29, 1.82) is 0 Å². The van der Waals surface area contributed by atoms with Crippen molar-refractivity contribution in [2.45, 2.75) is 38.5 Å². The maximum atomic E-state index is 4.75. The zero-order chi connectivity index (χ0) is 11.9. The minimum atomic E-state index is 0.965. The van der Waals surface area contributed by atoms with E-state index in [0.29, 0.717) is 0 Å². The fourth-order valence-electron chi connectivity index (χ4n) is 3.25. The second-order valence-electron chi connectivity index (χ2n) is 5.28. The van der Waals surface area contributed by atoms with Gasteiger partial charge >= 0.3 is 0 Å². The van der Waals surface area contributed by atoms with Gasteiger partial charge in [-0.05, 0) is 38.5 Å². The molecule has 2 aromatic rings. The summed E-state index contributed by atoms with van der Waals surface area (Å²) in [4.78, 5) is 2.43. The van der Waals surface area contributed by atoms with Gasteiger partial charge < -0.3 is 4.90 Å². The summed E-state index contributed by atoms with van der Waals surface area (Å²) in [6.45, 7) is 2.29. The van der Waals surface area contributed by atoms with Crippen LogP contribution in [0.2, 0.25) is 0 Å². The monoisotopic (exact) mass is 243 g/mol. The summed E-state index contributed by atoms with van der Waals surface area (Å²) >= 11 is 0. The molecule has 5 nitrogen and oxygen atoms in total. The van der Waals surface area contributed by atoms with Crippen LogP contribution in [0.1, 0.15) is 36.8 Å². The Bertz CT molecular complexity index is 582. The predicted octanol–water partition coefficient (Wildman–Crippen LogP) is 1.60. The minimum Gasteiger partial charge on any atom is -0.355 e. The molecule has 1 fully saturated rings. The molecular formula is C13H17N5. The van der Waals surface area contributed by atoms with E-state index < -0.39 is 0 Å². The van der Waals surface area contributed by atoms with Gasteiger partial charge in [-0.15, -0.1) is 15.3 Å². The smallest absolute Gasteiger partial charge is 0.181 e. The van der Waals surface area contributed by atoms with Gasteiger partial charge in [0.15, 0.2) is 11.5 Å². The van der Waals surface area contributed by atoms with Crippen molar-refractivity contribution in [2.75, 3.05) is 18.0 Å². The van der Waals surface area contributed by atoms with Crippen LogP contribution >= 0.6 is 0 Å². The molecule has 1 saturated heterocycles. The molecule has 2 aliphatic rings. The van der Waals surface area contributed by atoms with E-state index in [2.05, 4.69) is 15.1 Å². The van der Waals surface area contributed by atoms with E-state index in [4.69, 9.17) is 5.10 Å². The van der Waals surface area contributed by atoms with Crippen LogP contribution in [0.15, 0.2) is 6.33 Å². The molecule has 0 spiro atoms. The molecule has 0 bridgehead atoms. The first-order valence-electron chi connectivity index (χ1n) is 6.90. The van der Waals surface area contributed by atoms with Crippen LogP contribution in [0.3, 0.4) is 0 Å². The lowest BCUT2D eigenvalue weighted by Gasteiger charge is -2.24. The second kappa shape index (κ2) is 3.93. The van der Waals surface area contributed by atoms with E-state index in [1.165, 1.54) is 42.6 Å². The van der Waals surface area contributed by atoms with Crippen LogP contribution in [0.5, 0.6) is 0 Å². The molecule has 0 saturated carbocycles. The van der Waals surface area contributed by atoms with Crippen LogP contribution in [-0.4, -0.2) is 32.9 Å². The molecule has 1 aliphatic carbocycles. The SMILES string of the molecule is c1nnc2c3c(c(N4CCCC4)nn12)CCCC3. The summed E-state index contributed by atoms with van der Waals surface area (Å²) in [7, 11) is 0. The molecule has 4 rings (SSSR count). The molecule has 1 aliphatic heterocycles. The molecule has 0 atom stereocenters. The van der Waals surface area contributed by atoms with Crippen LogP contribution in [0, 0.1) is 0 Å². The van der Waals surface area contributed by atoms with Gasteiger partial charge in [-0.1, -0.05) is 0 Å². The van der Waals surface area contributed by atoms with Gasteiger partial charge in [0, 0.05) is 24.2 Å². The average molecular weight is 243 g/mol. The van der Waals surface area contributed by atoms with E-state index in [1.54, 1.807) is 6.33 Å². The van der Waals surface area contributed by atoms with E-state index in [-0.39, 0.29) is 0 Å². The van der Waals surface area contributed by atoms with Crippen molar-refractivity contribution in [3.05, 3.63) is 17.5 Å². The fraction of sp³-hybridized carbons (Fsp3) is 0.615. The lowest BCUT2D eigenvalue weighted by atomic mass is 9.93. The maximum Gasteiger partial charge on any atom is 0.181 e. The van der Waals surface area contributed by atoms with Crippen molar-refractivity contribution in [3.63, 3.8) is 0 Å². The van der Waals surface area contributed by atoms with E-state index in [1.807, 2.05) is 4.52 Å². The molecule has 94 valence electrons. The topological polar surface area (TPSA) is 46.3 Å². The molecule has 0 amide bonds. The van der Waals surface area contributed by atoms with Gasteiger partial charge in [-0.25, -0.2) is 0 Å². The molecule has 18 heavy (non-hydrogen) atoms. The van der Waals surface area contributed by atoms with Crippen molar-refractivity contribution >= 4 is 11.5 Å². The first-order valence-corrected chi connectivity index (χ1v) is 6.90. The number of rotatable bonds is 1. The first-order chi connectivity index (χ1) is 8.93. The number of anilines is 1. The summed E-state index contributed by atoms with van der Waals surface area (Å²) < 4.78 is 1.86. The van der Waals surface area contributed by atoms with Gasteiger partial charge in [0.25, 0.3) is 0 Å². The summed E-state index contributed by atoms with van der Waals surface area (Å²) in [5.74, 6) is 1.19. The Hall–Kier alpha value is -1.65. The summed E-state index contributed by atoms with van der Waals surface area (Å²) in [5.41, 5.74) is 3.78. The minimum absolute atomic E-state index is 0.965. The number of aryl methyl sites for hydroxylation is 1. The van der Waals surface area contributed by atoms with Gasteiger partial charge in [0.2, 0.25) is 0 Å². The Kier molecular flexibility index (Phi) is 2.25. The molecular weight excluding hydrogens is 226 g/mol.